The highest BCUT2D eigenvalue weighted by molar-refractivity contribution is 5.94. The molecule has 0 atom stereocenters. The van der Waals surface area contributed by atoms with Crippen LogP contribution in [-0.4, -0.2) is 41.8 Å². The van der Waals surface area contributed by atoms with Gasteiger partial charge in [-0.15, -0.1) is 0 Å². The number of ether oxygens (including phenoxy) is 1. The van der Waals surface area contributed by atoms with Crippen LogP contribution in [0.2, 0.25) is 0 Å². The number of carbonyl (C=O) groups excluding carboxylic acids is 1. The van der Waals surface area contributed by atoms with Crippen molar-refractivity contribution < 1.29 is 18.3 Å². The van der Waals surface area contributed by atoms with Crippen LogP contribution in [0.5, 0.6) is 0 Å². The summed E-state index contributed by atoms with van der Waals surface area (Å²) in [6, 6.07) is 5.70. The van der Waals surface area contributed by atoms with Gasteiger partial charge in [-0.25, -0.2) is 13.8 Å². The Morgan fingerprint density at radius 1 is 1.16 bits per heavy atom. The van der Waals surface area contributed by atoms with Crippen molar-refractivity contribution in [1.82, 2.24) is 15.0 Å². The smallest absolute Gasteiger partial charge is 0.282 e. The van der Waals surface area contributed by atoms with Crippen molar-refractivity contribution >= 4 is 5.91 Å². The zero-order valence-electron chi connectivity index (χ0n) is 14.3. The number of aromatic nitrogens is 1. The molecule has 25 heavy (non-hydrogen) atoms. The van der Waals surface area contributed by atoms with E-state index in [1.807, 2.05) is 29.5 Å². The molecule has 2 aromatic rings. The van der Waals surface area contributed by atoms with Crippen LogP contribution >= 0.6 is 0 Å². The summed E-state index contributed by atoms with van der Waals surface area (Å²) in [5.41, 5.74) is 5.74. The summed E-state index contributed by atoms with van der Waals surface area (Å²) in [6.45, 7) is 6.47. The highest BCUT2D eigenvalue weighted by atomic mass is 19.2. The van der Waals surface area contributed by atoms with Crippen LogP contribution in [0.4, 0.5) is 8.78 Å². The van der Waals surface area contributed by atoms with Gasteiger partial charge in [-0.3, -0.25) is 10.2 Å². The topological polar surface area (TPSA) is 46.5 Å². The fraction of sp³-hybridized carbons (Fsp3) is 0.389. The van der Waals surface area contributed by atoms with Gasteiger partial charge in [0.25, 0.3) is 5.91 Å². The van der Waals surface area contributed by atoms with E-state index in [-0.39, 0.29) is 5.91 Å². The molecule has 134 valence electrons. The summed E-state index contributed by atoms with van der Waals surface area (Å²) in [6.07, 6.45) is 0. The molecule has 1 amide bonds. The van der Waals surface area contributed by atoms with E-state index in [9.17, 15) is 13.6 Å². The van der Waals surface area contributed by atoms with E-state index in [0.717, 1.165) is 23.4 Å². The van der Waals surface area contributed by atoms with Crippen molar-refractivity contribution in [2.75, 3.05) is 26.3 Å². The predicted molar refractivity (Wildman–Crippen MR) is 89.2 cm³/mol. The Morgan fingerprint density at radius 3 is 2.56 bits per heavy atom. The third-order valence-corrected chi connectivity index (χ3v) is 4.31. The van der Waals surface area contributed by atoms with Crippen LogP contribution in [0.3, 0.4) is 0 Å². The fourth-order valence-corrected chi connectivity index (χ4v) is 3.05. The first-order chi connectivity index (χ1) is 12.0. The Morgan fingerprint density at radius 2 is 1.88 bits per heavy atom. The second-order valence-corrected chi connectivity index (χ2v) is 6.19. The molecule has 0 spiro atoms. The van der Waals surface area contributed by atoms with Gasteiger partial charge in [0.2, 0.25) is 0 Å². The number of amides is 1. The van der Waals surface area contributed by atoms with Crippen LogP contribution in [0.1, 0.15) is 27.3 Å². The van der Waals surface area contributed by atoms with Gasteiger partial charge < -0.3 is 9.30 Å². The third-order valence-electron chi connectivity index (χ3n) is 4.31. The van der Waals surface area contributed by atoms with Crippen molar-refractivity contribution in [3.8, 4) is 0 Å². The average molecular weight is 349 g/mol. The van der Waals surface area contributed by atoms with Gasteiger partial charge in [0.05, 0.1) is 13.2 Å². The minimum Gasteiger partial charge on any atom is -0.379 e. The number of benzene rings is 1. The van der Waals surface area contributed by atoms with E-state index in [2.05, 4.69) is 5.43 Å². The summed E-state index contributed by atoms with van der Waals surface area (Å²) < 4.78 is 33.7. The zero-order valence-corrected chi connectivity index (χ0v) is 14.3. The van der Waals surface area contributed by atoms with Gasteiger partial charge in [-0.1, -0.05) is 6.07 Å². The molecule has 0 unspecified atom stereocenters. The van der Waals surface area contributed by atoms with Gasteiger partial charge >= 0.3 is 0 Å². The number of rotatable bonds is 4. The van der Waals surface area contributed by atoms with Gasteiger partial charge in [0.15, 0.2) is 11.6 Å². The second-order valence-electron chi connectivity index (χ2n) is 6.19. The van der Waals surface area contributed by atoms with Gasteiger partial charge in [0.1, 0.15) is 5.69 Å². The van der Waals surface area contributed by atoms with Crippen LogP contribution < -0.4 is 5.43 Å². The Kier molecular flexibility index (Phi) is 5.15. The summed E-state index contributed by atoms with van der Waals surface area (Å²) in [5, 5.41) is 1.83. The summed E-state index contributed by atoms with van der Waals surface area (Å²) in [4.78, 5) is 12.7. The Balaban J connectivity index is 1.84. The summed E-state index contributed by atoms with van der Waals surface area (Å²) in [7, 11) is 0. The quantitative estimate of drug-likeness (QED) is 0.922. The first kappa shape index (κ1) is 17.6. The molecular weight excluding hydrogens is 328 g/mol. The van der Waals surface area contributed by atoms with E-state index >= 15 is 0 Å². The fourth-order valence-electron chi connectivity index (χ4n) is 3.05. The number of halogens is 2. The van der Waals surface area contributed by atoms with E-state index in [4.69, 9.17) is 4.74 Å². The number of aryl methyl sites for hydroxylation is 2. The van der Waals surface area contributed by atoms with Gasteiger partial charge in [-0.05, 0) is 43.2 Å². The van der Waals surface area contributed by atoms with Crippen LogP contribution in [0, 0.1) is 25.5 Å². The number of hydrazine groups is 1. The van der Waals surface area contributed by atoms with Crippen molar-refractivity contribution in [1.29, 1.82) is 0 Å². The van der Waals surface area contributed by atoms with Gasteiger partial charge in [0, 0.05) is 25.3 Å². The van der Waals surface area contributed by atoms with Crippen LogP contribution in [0.25, 0.3) is 0 Å². The third kappa shape index (κ3) is 3.88. The normalized spacial score (nSPS) is 15.4. The zero-order chi connectivity index (χ0) is 18.0. The monoisotopic (exact) mass is 349 g/mol. The minimum atomic E-state index is -0.890. The van der Waals surface area contributed by atoms with Gasteiger partial charge in [-0.2, -0.15) is 0 Å². The van der Waals surface area contributed by atoms with Crippen molar-refractivity contribution in [2.24, 2.45) is 0 Å². The lowest BCUT2D eigenvalue weighted by atomic mass is 10.2. The second kappa shape index (κ2) is 7.33. The van der Waals surface area contributed by atoms with E-state index in [0.29, 0.717) is 44.1 Å². The molecule has 1 saturated heterocycles. The lowest BCUT2D eigenvalue weighted by Crippen LogP contribution is -2.48. The lowest BCUT2D eigenvalue weighted by Gasteiger charge is -2.27. The minimum absolute atomic E-state index is 0.213. The Labute approximate surface area is 145 Å². The number of nitrogens with one attached hydrogen (secondary N) is 1. The molecule has 1 aliphatic rings. The number of morpholine rings is 1. The van der Waals surface area contributed by atoms with Crippen LogP contribution in [-0.2, 0) is 11.3 Å². The molecule has 1 aromatic heterocycles. The van der Waals surface area contributed by atoms with Crippen LogP contribution in [0.15, 0.2) is 24.3 Å². The molecule has 0 radical (unpaired) electrons. The molecule has 1 aliphatic heterocycles. The largest absolute Gasteiger partial charge is 0.379 e. The number of nitrogens with zero attached hydrogens (tertiary/aromatic N) is 2. The summed E-state index contributed by atoms with van der Waals surface area (Å²) in [5.74, 6) is -1.98. The van der Waals surface area contributed by atoms with E-state index in [1.165, 1.54) is 6.07 Å². The molecule has 5 nitrogen and oxygen atoms in total. The number of hydrogen-bond acceptors (Lipinski definition) is 3. The molecule has 3 rings (SSSR count). The molecule has 2 heterocycles. The number of carbonyl (C=O) groups is 1. The van der Waals surface area contributed by atoms with E-state index in [1.54, 1.807) is 0 Å². The van der Waals surface area contributed by atoms with Crippen molar-refractivity contribution in [3.63, 3.8) is 0 Å². The van der Waals surface area contributed by atoms with Crippen molar-refractivity contribution in [3.05, 3.63) is 58.4 Å². The molecule has 7 heteroatoms. The Bertz CT molecular complexity index is 783. The standard InChI is InChI=1S/C18H21F2N3O2/c1-12-9-13(2)23(11-14-3-4-15(19)16(20)10-14)17(12)18(24)21-22-5-7-25-8-6-22/h3-4,9-10H,5-8,11H2,1-2H3,(H,21,24). The van der Waals surface area contributed by atoms with Crippen molar-refractivity contribution in [2.45, 2.75) is 20.4 Å². The highest BCUT2D eigenvalue weighted by Gasteiger charge is 2.21. The molecular formula is C18H21F2N3O2. The summed E-state index contributed by atoms with van der Waals surface area (Å²) >= 11 is 0. The first-order valence-electron chi connectivity index (χ1n) is 8.20. The average Bonchev–Trinajstić information content (AvgIpc) is 2.85. The highest BCUT2D eigenvalue weighted by Crippen LogP contribution is 2.18. The molecule has 0 bridgehead atoms. The Hall–Kier alpha value is -2.25. The molecule has 0 aliphatic carbocycles. The molecule has 1 fully saturated rings. The maximum absolute atomic E-state index is 13.5. The maximum Gasteiger partial charge on any atom is 0.282 e. The molecule has 1 aromatic carbocycles. The molecule has 1 N–H and O–H groups in total. The lowest BCUT2D eigenvalue weighted by molar-refractivity contribution is 0.0123. The molecule has 0 saturated carbocycles. The maximum atomic E-state index is 13.5. The predicted octanol–water partition coefficient (Wildman–Crippen LogP) is 2.41. The SMILES string of the molecule is Cc1cc(C)n(Cc2ccc(F)c(F)c2)c1C(=O)NN1CCOCC1. The number of hydrogen-bond donors (Lipinski definition) is 1. The first-order valence-corrected chi connectivity index (χ1v) is 8.20. The van der Waals surface area contributed by atoms with E-state index < -0.39 is 11.6 Å².